The van der Waals surface area contributed by atoms with Crippen molar-refractivity contribution in [3.05, 3.63) is 0 Å². The van der Waals surface area contributed by atoms with E-state index in [0.717, 1.165) is 26.1 Å². The van der Waals surface area contributed by atoms with E-state index in [4.69, 9.17) is 8.85 Å². The molecule has 0 saturated heterocycles. The molecule has 0 aliphatic heterocycles. The van der Waals surface area contributed by atoms with E-state index >= 15 is 0 Å². The monoisotopic (exact) mass is 248 g/mol. The van der Waals surface area contributed by atoms with Crippen molar-refractivity contribution in [2.45, 2.75) is 58.4 Å². The van der Waals surface area contributed by atoms with Crippen molar-refractivity contribution in [3.63, 3.8) is 0 Å². The lowest BCUT2D eigenvalue weighted by molar-refractivity contribution is 0.304. The Morgan fingerprint density at radius 1 is 1.07 bits per heavy atom. The van der Waals surface area contributed by atoms with Crippen molar-refractivity contribution in [1.29, 1.82) is 0 Å². The minimum Gasteiger partial charge on any atom is -0.420 e. The van der Waals surface area contributed by atoms with Gasteiger partial charge in [0.15, 0.2) is 17.4 Å². The molecule has 0 aliphatic carbocycles. The van der Waals surface area contributed by atoms with Gasteiger partial charge in [0.25, 0.3) is 0 Å². The van der Waals surface area contributed by atoms with Crippen molar-refractivity contribution in [2.75, 3.05) is 13.2 Å². The molecule has 0 fully saturated rings. The van der Waals surface area contributed by atoms with Crippen LogP contribution < -0.4 is 0 Å². The molecule has 0 aromatic carbocycles. The van der Waals surface area contributed by atoms with Gasteiger partial charge in [-0.15, -0.1) is 0 Å². The summed E-state index contributed by atoms with van der Waals surface area (Å²) in [6, 6.07) is 2.55. The molecule has 2 nitrogen and oxygen atoms in total. The molecule has 0 aromatic rings. The van der Waals surface area contributed by atoms with Gasteiger partial charge in [-0.1, -0.05) is 13.8 Å². The Labute approximate surface area is 98.2 Å². The minimum atomic E-state index is -1.37. The fourth-order valence-corrected chi connectivity index (χ4v) is 7.52. The van der Waals surface area contributed by atoms with E-state index in [0.29, 0.717) is 0 Å². The predicted octanol–water partition coefficient (Wildman–Crippen LogP) is 3.40. The van der Waals surface area contributed by atoms with Crippen LogP contribution in [0.2, 0.25) is 31.7 Å². The van der Waals surface area contributed by atoms with Gasteiger partial charge in [0, 0.05) is 13.2 Å². The standard InChI is InChI=1S/C11H28O2Si2/c1-6-8-12-14(3)10-11-15(4,5)13-9-7-2/h14H,6-11H2,1-5H3. The summed E-state index contributed by atoms with van der Waals surface area (Å²) in [5.74, 6) is 0. The normalized spacial score (nSPS) is 14.2. The fourth-order valence-electron chi connectivity index (χ4n) is 1.40. The van der Waals surface area contributed by atoms with Gasteiger partial charge < -0.3 is 8.85 Å². The Hall–Kier alpha value is 0.354. The van der Waals surface area contributed by atoms with Gasteiger partial charge in [0.2, 0.25) is 0 Å². The van der Waals surface area contributed by atoms with Crippen molar-refractivity contribution >= 4 is 17.4 Å². The quantitative estimate of drug-likeness (QED) is 0.582. The smallest absolute Gasteiger partial charge is 0.186 e. The zero-order valence-corrected chi connectivity index (χ0v) is 13.3. The summed E-state index contributed by atoms with van der Waals surface area (Å²) < 4.78 is 11.7. The summed E-state index contributed by atoms with van der Waals surface area (Å²) in [6.45, 7) is 13.2. The number of hydrogen-bond donors (Lipinski definition) is 0. The van der Waals surface area contributed by atoms with Gasteiger partial charge in [0.05, 0.1) is 0 Å². The van der Waals surface area contributed by atoms with Crippen LogP contribution >= 0.6 is 0 Å². The van der Waals surface area contributed by atoms with E-state index in [-0.39, 0.29) is 0 Å². The molecule has 1 unspecified atom stereocenters. The lowest BCUT2D eigenvalue weighted by atomic mass is 10.5. The maximum absolute atomic E-state index is 5.94. The largest absolute Gasteiger partial charge is 0.420 e. The third kappa shape index (κ3) is 9.29. The Morgan fingerprint density at radius 2 is 1.67 bits per heavy atom. The molecule has 0 spiro atoms. The first-order valence-corrected chi connectivity index (χ1v) is 11.8. The van der Waals surface area contributed by atoms with Crippen LogP contribution in [0.5, 0.6) is 0 Å². The fraction of sp³-hybridized carbons (Fsp3) is 1.00. The van der Waals surface area contributed by atoms with Gasteiger partial charge in [-0.3, -0.25) is 0 Å². The van der Waals surface area contributed by atoms with E-state index in [9.17, 15) is 0 Å². The van der Waals surface area contributed by atoms with E-state index in [2.05, 4.69) is 33.5 Å². The second-order valence-electron chi connectivity index (χ2n) is 4.83. The second-order valence-corrected chi connectivity index (χ2v) is 11.7. The molecule has 4 heteroatoms. The van der Waals surface area contributed by atoms with Gasteiger partial charge in [-0.2, -0.15) is 0 Å². The summed E-state index contributed by atoms with van der Waals surface area (Å²) in [6.07, 6.45) is 2.28. The first kappa shape index (κ1) is 15.4. The lowest BCUT2D eigenvalue weighted by Gasteiger charge is -2.23. The maximum atomic E-state index is 5.94. The third-order valence-electron chi connectivity index (χ3n) is 2.46. The van der Waals surface area contributed by atoms with E-state index < -0.39 is 17.4 Å². The molecule has 0 aliphatic rings. The van der Waals surface area contributed by atoms with Crippen LogP contribution in [-0.2, 0) is 8.85 Å². The molecule has 0 rings (SSSR count). The molecule has 0 amide bonds. The van der Waals surface area contributed by atoms with Crippen LogP contribution in [-0.4, -0.2) is 30.6 Å². The Morgan fingerprint density at radius 3 is 2.20 bits per heavy atom. The number of hydrogen-bond acceptors (Lipinski definition) is 2. The first-order valence-electron chi connectivity index (χ1n) is 6.27. The van der Waals surface area contributed by atoms with Gasteiger partial charge in [-0.05, 0) is 44.6 Å². The van der Waals surface area contributed by atoms with Gasteiger partial charge in [-0.25, -0.2) is 0 Å². The Balaban J connectivity index is 3.62. The van der Waals surface area contributed by atoms with Gasteiger partial charge in [0.1, 0.15) is 0 Å². The lowest BCUT2D eigenvalue weighted by Crippen LogP contribution is -2.32. The minimum absolute atomic E-state index is 0.899. The molecule has 0 aromatic heterocycles. The highest BCUT2D eigenvalue weighted by Gasteiger charge is 2.23. The molecule has 0 radical (unpaired) electrons. The Kier molecular flexibility index (Phi) is 8.70. The van der Waals surface area contributed by atoms with Crippen LogP contribution in [0.25, 0.3) is 0 Å². The second kappa shape index (κ2) is 8.50. The summed E-state index contributed by atoms with van der Waals surface area (Å²) in [4.78, 5) is 0. The van der Waals surface area contributed by atoms with Crippen molar-refractivity contribution in [1.82, 2.24) is 0 Å². The SMILES string of the molecule is CCCO[SiH](C)CC[Si](C)(C)OCCC. The summed E-state index contributed by atoms with van der Waals surface area (Å²) in [5.41, 5.74) is 0. The van der Waals surface area contributed by atoms with Crippen molar-refractivity contribution < 1.29 is 8.85 Å². The molecule has 0 heterocycles. The number of rotatable bonds is 9. The molecular weight excluding hydrogens is 220 g/mol. The van der Waals surface area contributed by atoms with E-state index in [1.54, 1.807) is 0 Å². The summed E-state index contributed by atoms with van der Waals surface area (Å²) in [7, 11) is -2.27. The molecule has 0 N–H and O–H groups in total. The molecular formula is C11H28O2Si2. The maximum Gasteiger partial charge on any atom is 0.186 e. The summed E-state index contributed by atoms with van der Waals surface area (Å²) >= 11 is 0. The molecule has 0 saturated carbocycles. The van der Waals surface area contributed by atoms with Crippen LogP contribution in [0, 0.1) is 0 Å². The van der Waals surface area contributed by atoms with Crippen LogP contribution in [0.4, 0.5) is 0 Å². The van der Waals surface area contributed by atoms with Crippen LogP contribution in [0.3, 0.4) is 0 Å². The first-order chi connectivity index (χ1) is 7.02. The Bertz CT molecular complexity index is 152. The average Bonchev–Trinajstić information content (AvgIpc) is 2.21. The van der Waals surface area contributed by atoms with Crippen molar-refractivity contribution in [2.24, 2.45) is 0 Å². The topological polar surface area (TPSA) is 18.5 Å². The third-order valence-corrected chi connectivity index (χ3v) is 7.42. The van der Waals surface area contributed by atoms with Gasteiger partial charge >= 0.3 is 0 Å². The van der Waals surface area contributed by atoms with Crippen molar-refractivity contribution in [3.8, 4) is 0 Å². The predicted molar refractivity (Wildman–Crippen MR) is 72.6 cm³/mol. The van der Waals surface area contributed by atoms with Crippen LogP contribution in [0.1, 0.15) is 26.7 Å². The highest BCUT2D eigenvalue weighted by Crippen LogP contribution is 2.16. The molecule has 0 bridgehead atoms. The highest BCUT2D eigenvalue weighted by atomic mass is 28.4. The zero-order valence-electron chi connectivity index (χ0n) is 11.1. The highest BCUT2D eigenvalue weighted by molar-refractivity contribution is 6.72. The molecule has 92 valence electrons. The molecule has 15 heavy (non-hydrogen) atoms. The summed E-state index contributed by atoms with van der Waals surface area (Å²) in [5, 5.41) is 0. The zero-order chi connectivity index (χ0) is 11.7. The van der Waals surface area contributed by atoms with Crippen LogP contribution in [0.15, 0.2) is 0 Å². The average molecular weight is 249 g/mol. The molecule has 1 atom stereocenters. The van der Waals surface area contributed by atoms with E-state index in [1.165, 1.54) is 12.1 Å². The van der Waals surface area contributed by atoms with E-state index in [1.807, 2.05) is 0 Å².